The Balaban J connectivity index is 1.30. The molecule has 238 valence electrons. The molecule has 0 aromatic heterocycles. The second kappa shape index (κ2) is 12.0. The third kappa shape index (κ3) is 5.02. The molecular weight excluding hydrogens is 615 g/mol. The molecule has 10 aromatic carbocycles. The molecule has 0 fully saturated rings. The van der Waals surface area contributed by atoms with Gasteiger partial charge in [-0.2, -0.15) is 0 Å². The fraction of sp³-hybridized carbons (Fsp3) is 0. The lowest BCUT2D eigenvalue weighted by atomic mass is 9.93. The number of fused-ring (bicyclic) bond motifs is 7. The maximum absolute atomic E-state index is 9.75. The fourth-order valence-corrected chi connectivity index (χ4v) is 7.29. The number of hydrogen-bond acceptors (Lipinski definition) is 1. The van der Waals surface area contributed by atoms with Crippen molar-refractivity contribution >= 4 is 70.9 Å². The van der Waals surface area contributed by atoms with Crippen molar-refractivity contribution in [3.05, 3.63) is 200 Å². The molecule has 0 aliphatic carbocycles. The van der Waals surface area contributed by atoms with E-state index in [9.17, 15) is 11.0 Å². The fourth-order valence-electron chi connectivity index (χ4n) is 7.29. The first-order valence-electron chi connectivity index (χ1n) is 21.0. The topological polar surface area (TPSA) is 3.24 Å². The van der Waals surface area contributed by atoms with Gasteiger partial charge >= 0.3 is 0 Å². The van der Waals surface area contributed by atoms with Crippen LogP contribution in [0.5, 0.6) is 0 Å². The van der Waals surface area contributed by atoms with Gasteiger partial charge in [-0.3, -0.25) is 0 Å². The first-order valence-corrected chi connectivity index (χ1v) is 17.0. The molecule has 0 aliphatic rings. The van der Waals surface area contributed by atoms with Crippen molar-refractivity contribution in [2.24, 2.45) is 0 Å². The van der Waals surface area contributed by atoms with Gasteiger partial charge in [-0.15, -0.1) is 0 Å². The van der Waals surface area contributed by atoms with Gasteiger partial charge < -0.3 is 4.90 Å². The molecule has 0 spiro atoms. The maximum atomic E-state index is 9.75. The van der Waals surface area contributed by atoms with E-state index in [1.807, 2.05) is 146 Å². The van der Waals surface area contributed by atoms with Gasteiger partial charge in [0.1, 0.15) is 0 Å². The summed E-state index contributed by atoms with van der Waals surface area (Å²) in [5, 5.41) is 8.71. The Hall–Kier alpha value is -6.70. The van der Waals surface area contributed by atoms with E-state index in [2.05, 4.69) is 0 Å². The first kappa shape index (κ1) is 22.1. The normalized spacial score (nSPS) is 13.7. The van der Waals surface area contributed by atoms with Crippen molar-refractivity contribution in [1.82, 2.24) is 0 Å². The minimum absolute atomic E-state index is 0.121. The van der Waals surface area contributed by atoms with Crippen LogP contribution in [0.1, 0.15) is 11.0 Å². The summed E-state index contributed by atoms with van der Waals surface area (Å²) < 4.78 is 76.9. The van der Waals surface area contributed by atoms with Crippen LogP contribution in [0.2, 0.25) is 0 Å². The molecule has 0 unspecified atom stereocenters. The maximum Gasteiger partial charge on any atom is 0.0645 e. The van der Waals surface area contributed by atoms with Gasteiger partial charge in [0.25, 0.3) is 0 Å². The van der Waals surface area contributed by atoms with E-state index in [0.717, 1.165) is 48.5 Å². The van der Waals surface area contributed by atoms with Gasteiger partial charge in [-0.25, -0.2) is 0 Å². The van der Waals surface area contributed by atoms with Crippen LogP contribution in [-0.2, 0) is 0 Å². The van der Waals surface area contributed by atoms with E-state index < -0.39 is 0 Å². The highest BCUT2D eigenvalue weighted by molar-refractivity contribution is 6.15. The SMILES string of the molecule is [2H]c1c([2H])c(N(c2c([2H])c([2H])c(-c3cc4ccccc4c4ccccc34)c([2H])c2[2H])c2cc3ccccc3c3ccccc23)c([2H])c([2H])c1-c1ccc2ccccc2c1. The summed E-state index contributed by atoms with van der Waals surface area (Å²) in [6.07, 6.45) is 0. The van der Waals surface area contributed by atoms with Crippen molar-refractivity contribution in [2.75, 3.05) is 4.90 Å². The zero-order chi connectivity index (χ0) is 40.7. The summed E-state index contributed by atoms with van der Waals surface area (Å²) in [6, 6.07) is 45.3. The number of benzene rings is 10. The highest BCUT2D eigenvalue weighted by Gasteiger charge is 2.18. The number of hydrogen-bond donors (Lipinski definition) is 0. The molecule has 51 heavy (non-hydrogen) atoms. The molecule has 0 heterocycles. The van der Waals surface area contributed by atoms with Crippen LogP contribution in [-0.4, -0.2) is 0 Å². The molecule has 0 bridgehead atoms. The van der Waals surface area contributed by atoms with Gasteiger partial charge in [0, 0.05) is 16.8 Å². The van der Waals surface area contributed by atoms with Gasteiger partial charge in [0.05, 0.1) is 16.7 Å². The molecule has 0 saturated heterocycles. The molecule has 0 radical (unpaired) electrons. The third-order valence-corrected chi connectivity index (χ3v) is 9.73. The van der Waals surface area contributed by atoms with Crippen LogP contribution < -0.4 is 4.90 Å². The van der Waals surface area contributed by atoms with Crippen LogP contribution >= 0.6 is 0 Å². The largest absolute Gasteiger partial charge is 0.310 e. The van der Waals surface area contributed by atoms with Crippen molar-refractivity contribution in [1.29, 1.82) is 0 Å². The van der Waals surface area contributed by atoms with Crippen molar-refractivity contribution in [3.8, 4) is 22.3 Å². The Morgan fingerprint density at radius 2 is 0.784 bits per heavy atom. The van der Waals surface area contributed by atoms with Crippen LogP contribution in [0.3, 0.4) is 0 Å². The molecule has 0 amide bonds. The number of nitrogens with zero attached hydrogens (tertiary/aromatic N) is 1. The second-order valence-electron chi connectivity index (χ2n) is 12.7. The Kier molecular flexibility index (Phi) is 5.21. The van der Waals surface area contributed by atoms with Crippen LogP contribution in [0.15, 0.2) is 200 Å². The molecular formula is C50H33N. The summed E-state index contributed by atoms with van der Waals surface area (Å²) in [5.41, 5.74) is 1.34. The summed E-state index contributed by atoms with van der Waals surface area (Å²) in [6.45, 7) is 0. The molecule has 0 N–H and O–H groups in total. The minimum Gasteiger partial charge on any atom is -0.310 e. The van der Waals surface area contributed by atoms with Crippen molar-refractivity contribution in [3.63, 3.8) is 0 Å². The van der Waals surface area contributed by atoms with E-state index in [1.165, 1.54) is 4.90 Å². The van der Waals surface area contributed by atoms with Crippen molar-refractivity contribution < 1.29 is 11.0 Å². The van der Waals surface area contributed by atoms with E-state index in [0.29, 0.717) is 22.2 Å². The Labute approximate surface area is 308 Å². The molecule has 1 heteroatoms. The monoisotopic (exact) mass is 655 g/mol. The lowest BCUT2D eigenvalue weighted by molar-refractivity contribution is 1.30. The molecule has 1 nitrogen and oxygen atoms in total. The van der Waals surface area contributed by atoms with Crippen LogP contribution in [0.25, 0.3) is 76.1 Å². The van der Waals surface area contributed by atoms with E-state index in [4.69, 9.17) is 0 Å². The first-order chi connectivity index (χ1) is 28.6. The number of anilines is 3. The van der Waals surface area contributed by atoms with Crippen molar-refractivity contribution in [2.45, 2.75) is 0 Å². The highest BCUT2D eigenvalue weighted by atomic mass is 15.1. The molecule has 0 aliphatic heterocycles. The summed E-state index contributed by atoms with van der Waals surface area (Å²) in [7, 11) is 0. The molecule has 0 saturated carbocycles. The highest BCUT2D eigenvalue weighted by Crippen LogP contribution is 2.43. The minimum atomic E-state index is -0.383. The Bertz CT molecular complexity index is 3340. The Morgan fingerprint density at radius 3 is 1.43 bits per heavy atom. The summed E-state index contributed by atoms with van der Waals surface area (Å²) in [5.74, 6) is 0. The lowest BCUT2D eigenvalue weighted by Crippen LogP contribution is -2.10. The van der Waals surface area contributed by atoms with Crippen LogP contribution in [0, 0.1) is 0 Å². The van der Waals surface area contributed by atoms with Gasteiger partial charge in [0.2, 0.25) is 0 Å². The quantitative estimate of drug-likeness (QED) is 0.167. The summed E-state index contributed by atoms with van der Waals surface area (Å²) in [4.78, 5) is 1.42. The standard InChI is InChI=1S/C50H33N/c1-2-12-37-31-38(22-21-34(37)11-1)35-23-27-41(28-24-35)51(50-33-40-14-4-6-16-44(40)46-18-9-10-20-48(46)50)42-29-25-36(26-30-42)49-32-39-13-3-5-15-43(39)45-17-7-8-19-47(45)49/h1-33H/i23D,24D,25D,26D,27D,28D,29D,30D. The summed E-state index contributed by atoms with van der Waals surface area (Å²) >= 11 is 0. The van der Waals surface area contributed by atoms with E-state index in [1.54, 1.807) is 6.07 Å². The van der Waals surface area contributed by atoms with E-state index in [-0.39, 0.29) is 70.8 Å². The molecule has 10 aromatic rings. The van der Waals surface area contributed by atoms with E-state index >= 15 is 0 Å². The average Bonchev–Trinajstić information content (AvgIpc) is 3.27. The predicted octanol–water partition coefficient (Wildman–Crippen LogP) is 14.3. The zero-order valence-electron chi connectivity index (χ0n) is 35.4. The lowest BCUT2D eigenvalue weighted by Gasteiger charge is -2.28. The average molecular weight is 656 g/mol. The van der Waals surface area contributed by atoms with Gasteiger partial charge in [-0.1, -0.05) is 158 Å². The van der Waals surface area contributed by atoms with Gasteiger partial charge in [0.15, 0.2) is 0 Å². The molecule has 0 atom stereocenters. The second-order valence-corrected chi connectivity index (χ2v) is 12.7. The molecule has 10 rings (SSSR count). The number of rotatable bonds is 5. The Morgan fingerprint density at radius 1 is 0.314 bits per heavy atom. The predicted molar refractivity (Wildman–Crippen MR) is 220 cm³/mol. The third-order valence-electron chi connectivity index (χ3n) is 9.73. The van der Waals surface area contributed by atoms with Gasteiger partial charge in [-0.05, 0) is 113 Å². The zero-order valence-corrected chi connectivity index (χ0v) is 27.4. The van der Waals surface area contributed by atoms with Crippen LogP contribution in [0.4, 0.5) is 17.1 Å². The smallest absolute Gasteiger partial charge is 0.0645 e.